The number of hydrogen-bond donors (Lipinski definition) is 1. The molecular weight excluding hydrogens is 285 g/mol. The molecule has 1 aromatic carbocycles. The number of hydrogen-bond acceptors (Lipinski definition) is 3. The van der Waals surface area contributed by atoms with Crippen LogP contribution in [0, 0.1) is 0 Å². The van der Waals surface area contributed by atoms with E-state index in [1.54, 1.807) is 0 Å². The normalized spacial score (nSPS) is 22.4. The van der Waals surface area contributed by atoms with Crippen LogP contribution in [0.4, 0.5) is 13.2 Å². The largest absolute Gasteiger partial charge is 0.416 e. The molecule has 0 saturated carbocycles. The number of alkyl halides is 3. The van der Waals surface area contributed by atoms with Crippen molar-refractivity contribution in [3.8, 4) is 0 Å². The monoisotopic (exact) mass is 298 g/mol. The molecule has 2 heterocycles. The fraction of sp³-hybridized carbons (Fsp3) is 0.357. The van der Waals surface area contributed by atoms with Crippen LogP contribution in [0.25, 0.3) is 0 Å². The van der Waals surface area contributed by atoms with Crippen molar-refractivity contribution in [3.63, 3.8) is 0 Å². The van der Waals surface area contributed by atoms with Crippen LogP contribution >= 0.6 is 11.8 Å². The summed E-state index contributed by atoms with van der Waals surface area (Å²) in [5.41, 5.74) is 2.49. The van der Waals surface area contributed by atoms with E-state index in [1.807, 2.05) is 18.0 Å². The third-order valence-electron chi connectivity index (χ3n) is 3.39. The zero-order valence-corrected chi connectivity index (χ0v) is 11.4. The van der Waals surface area contributed by atoms with Gasteiger partial charge >= 0.3 is 6.18 Å². The van der Waals surface area contributed by atoms with Gasteiger partial charge < -0.3 is 5.32 Å². The maximum Gasteiger partial charge on any atom is 0.416 e. The smallest absolute Gasteiger partial charge is 0.363 e. The van der Waals surface area contributed by atoms with Crippen LogP contribution in [-0.4, -0.2) is 17.7 Å². The average Bonchev–Trinajstić information content (AvgIpc) is 2.46. The van der Waals surface area contributed by atoms with Gasteiger partial charge in [0.15, 0.2) is 0 Å². The van der Waals surface area contributed by atoms with Gasteiger partial charge in [-0.2, -0.15) is 24.9 Å². The van der Waals surface area contributed by atoms with Gasteiger partial charge in [-0.3, -0.25) is 4.99 Å². The first kappa shape index (κ1) is 13.5. The zero-order chi connectivity index (χ0) is 14.2. The molecule has 2 aliphatic rings. The summed E-state index contributed by atoms with van der Waals surface area (Å²) >= 11 is 1.87. The number of allylic oxidation sites excluding steroid dienone is 1. The molecule has 20 heavy (non-hydrogen) atoms. The molecule has 0 radical (unpaired) electrons. The van der Waals surface area contributed by atoms with Crippen molar-refractivity contribution in [2.24, 2.45) is 4.99 Å². The predicted molar refractivity (Wildman–Crippen MR) is 74.8 cm³/mol. The van der Waals surface area contributed by atoms with Crippen molar-refractivity contribution in [2.75, 3.05) is 11.5 Å². The number of rotatable bonds is 1. The van der Waals surface area contributed by atoms with Crippen molar-refractivity contribution in [3.05, 3.63) is 46.7 Å². The fourth-order valence-corrected chi connectivity index (χ4v) is 3.24. The van der Waals surface area contributed by atoms with Crippen LogP contribution in [0.5, 0.6) is 0 Å². The van der Waals surface area contributed by atoms with Crippen LogP contribution in [0.3, 0.4) is 0 Å². The van der Waals surface area contributed by atoms with E-state index in [-0.39, 0.29) is 6.17 Å². The molecule has 0 aromatic heterocycles. The van der Waals surface area contributed by atoms with Gasteiger partial charge in [0, 0.05) is 17.7 Å². The summed E-state index contributed by atoms with van der Waals surface area (Å²) in [4.78, 5) is 4.39. The van der Waals surface area contributed by atoms with E-state index in [4.69, 9.17) is 0 Å². The number of benzene rings is 1. The van der Waals surface area contributed by atoms with Crippen molar-refractivity contribution in [2.45, 2.75) is 18.8 Å². The van der Waals surface area contributed by atoms with Crippen LogP contribution in [0.1, 0.15) is 23.7 Å². The van der Waals surface area contributed by atoms with Crippen molar-refractivity contribution >= 4 is 18.0 Å². The molecule has 1 atom stereocenters. The van der Waals surface area contributed by atoms with E-state index in [2.05, 4.69) is 10.3 Å². The van der Waals surface area contributed by atoms with Crippen molar-refractivity contribution in [1.29, 1.82) is 0 Å². The molecule has 2 nitrogen and oxygen atoms in total. The van der Waals surface area contributed by atoms with E-state index in [9.17, 15) is 13.2 Å². The molecule has 0 saturated heterocycles. The Labute approximate surface area is 119 Å². The Hall–Kier alpha value is -1.43. The molecule has 0 amide bonds. The van der Waals surface area contributed by atoms with Gasteiger partial charge in [0.05, 0.1) is 5.56 Å². The molecule has 1 unspecified atom stereocenters. The first-order valence-corrected chi connectivity index (χ1v) is 7.46. The Bertz CT molecular complexity index is 561. The number of aliphatic imine (C=N–C) groups is 1. The van der Waals surface area contributed by atoms with Gasteiger partial charge in [-0.25, -0.2) is 0 Å². The number of nitrogens with one attached hydrogen (secondary N) is 1. The van der Waals surface area contributed by atoms with Crippen molar-refractivity contribution in [1.82, 2.24) is 5.32 Å². The Morgan fingerprint density at radius 3 is 2.65 bits per heavy atom. The maximum atomic E-state index is 12.5. The van der Waals surface area contributed by atoms with E-state index >= 15 is 0 Å². The van der Waals surface area contributed by atoms with Crippen molar-refractivity contribution < 1.29 is 13.2 Å². The Kier molecular flexibility index (Phi) is 3.50. The van der Waals surface area contributed by atoms with E-state index in [0.29, 0.717) is 0 Å². The highest BCUT2D eigenvalue weighted by Gasteiger charge is 2.30. The number of thioether (sulfide) groups is 1. The second-order valence-electron chi connectivity index (χ2n) is 4.75. The zero-order valence-electron chi connectivity index (χ0n) is 10.6. The fourth-order valence-electron chi connectivity index (χ4n) is 2.27. The summed E-state index contributed by atoms with van der Waals surface area (Å²) in [5, 5.41) is 3.32. The lowest BCUT2D eigenvalue weighted by Gasteiger charge is -2.27. The van der Waals surface area contributed by atoms with Gasteiger partial charge in [-0.1, -0.05) is 12.1 Å². The number of nitrogens with zero attached hydrogens (tertiary/aromatic N) is 1. The molecule has 0 spiro atoms. The third-order valence-corrected chi connectivity index (χ3v) is 4.39. The highest BCUT2D eigenvalue weighted by Crippen LogP contribution is 2.32. The summed E-state index contributed by atoms with van der Waals surface area (Å²) in [6.07, 6.45) is -1.76. The average molecular weight is 298 g/mol. The number of halogens is 3. The highest BCUT2D eigenvalue weighted by molar-refractivity contribution is 7.99. The molecule has 106 valence electrons. The Morgan fingerprint density at radius 1 is 1.20 bits per heavy atom. The maximum absolute atomic E-state index is 12.5. The van der Waals surface area contributed by atoms with Crippen LogP contribution in [0.15, 0.2) is 40.5 Å². The highest BCUT2D eigenvalue weighted by atomic mass is 32.2. The van der Waals surface area contributed by atoms with Crippen LogP contribution in [-0.2, 0) is 6.18 Å². The minimum absolute atomic E-state index is 0.279. The van der Waals surface area contributed by atoms with E-state index in [0.717, 1.165) is 35.6 Å². The van der Waals surface area contributed by atoms with Gasteiger partial charge in [-0.15, -0.1) is 0 Å². The van der Waals surface area contributed by atoms with Gasteiger partial charge in [-0.05, 0) is 35.4 Å². The predicted octanol–water partition coefficient (Wildman–Crippen LogP) is 3.77. The lowest BCUT2D eigenvalue weighted by molar-refractivity contribution is -0.137. The lowest BCUT2D eigenvalue weighted by Crippen LogP contribution is -2.27. The molecule has 0 fully saturated rings. The summed E-state index contributed by atoms with van der Waals surface area (Å²) < 4.78 is 37.6. The minimum Gasteiger partial charge on any atom is -0.363 e. The molecule has 0 bridgehead atoms. The second kappa shape index (κ2) is 5.16. The molecular formula is C14H13F3N2S. The second-order valence-corrected chi connectivity index (χ2v) is 5.86. The first-order chi connectivity index (χ1) is 9.54. The quantitative estimate of drug-likeness (QED) is 0.853. The van der Waals surface area contributed by atoms with Gasteiger partial charge in [0.2, 0.25) is 0 Å². The topological polar surface area (TPSA) is 24.4 Å². The molecule has 2 aliphatic heterocycles. The first-order valence-electron chi connectivity index (χ1n) is 6.31. The molecule has 1 N–H and O–H groups in total. The van der Waals surface area contributed by atoms with Gasteiger partial charge in [0.1, 0.15) is 6.17 Å². The molecule has 1 aromatic rings. The van der Waals surface area contributed by atoms with Crippen LogP contribution < -0.4 is 5.32 Å². The SMILES string of the molecule is FC(F)(F)c1ccc(C2N=CC3=C(CCSC3)N2)cc1. The Morgan fingerprint density at radius 2 is 1.95 bits per heavy atom. The Balaban J connectivity index is 1.78. The summed E-state index contributed by atoms with van der Waals surface area (Å²) in [6, 6.07) is 5.18. The molecule has 3 rings (SSSR count). The summed E-state index contributed by atoms with van der Waals surface area (Å²) in [6.45, 7) is 0. The molecule has 0 aliphatic carbocycles. The van der Waals surface area contributed by atoms with E-state index < -0.39 is 11.7 Å². The summed E-state index contributed by atoms with van der Waals surface area (Å²) in [5.74, 6) is 2.02. The van der Waals surface area contributed by atoms with E-state index in [1.165, 1.54) is 23.4 Å². The lowest BCUT2D eigenvalue weighted by atomic mass is 10.1. The van der Waals surface area contributed by atoms with Crippen LogP contribution in [0.2, 0.25) is 0 Å². The van der Waals surface area contributed by atoms with Gasteiger partial charge in [0.25, 0.3) is 0 Å². The molecule has 6 heteroatoms. The minimum atomic E-state index is -4.29. The standard InChI is InChI=1S/C14H13F3N2S/c15-14(16,17)11-3-1-9(2-4-11)13-18-7-10-8-20-6-5-12(10)19-13/h1-4,7,13,19H,5-6,8H2. The third kappa shape index (κ3) is 2.70. The summed E-state index contributed by atoms with van der Waals surface area (Å²) in [7, 11) is 0.